The van der Waals surface area contributed by atoms with Gasteiger partial charge in [0.2, 0.25) is 5.13 Å². The highest BCUT2D eigenvalue weighted by atomic mass is 32.1. The molecule has 1 heterocycles. The maximum absolute atomic E-state index is 10.7. The number of carbonyl (C=O) groups is 1. The lowest BCUT2D eigenvalue weighted by molar-refractivity contribution is -0.136. The molecule has 0 spiro atoms. The van der Waals surface area contributed by atoms with Crippen LogP contribution in [0.3, 0.4) is 0 Å². The molecule has 0 aliphatic carbocycles. The minimum Gasteiger partial charge on any atom is -0.496 e. The molecular weight excluding hydrogens is 292 g/mol. The standard InChI is InChI=1S/C13H14N4O3S/c1-20-10-4-8(5-12(18)19)2-3-9(10)6-15-17-13-16-11(14)7-21-13/h2-4,6-7H,5,14H2,1H3,(H,16,17)(H,18,19). The molecule has 0 radical (unpaired) electrons. The van der Waals surface area contributed by atoms with Crippen LogP contribution in [0.15, 0.2) is 28.7 Å². The lowest BCUT2D eigenvalue weighted by Crippen LogP contribution is -2.01. The number of rotatable bonds is 6. The zero-order valence-corrected chi connectivity index (χ0v) is 12.1. The quantitative estimate of drug-likeness (QED) is 0.554. The Labute approximate surface area is 125 Å². The van der Waals surface area contributed by atoms with Gasteiger partial charge in [0, 0.05) is 10.9 Å². The minimum absolute atomic E-state index is 0.0512. The second kappa shape index (κ2) is 6.71. The largest absolute Gasteiger partial charge is 0.496 e. The Hall–Kier alpha value is -2.61. The molecule has 4 N–H and O–H groups in total. The third-order valence-corrected chi connectivity index (χ3v) is 3.30. The fourth-order valence-electron chi connectivity index (χ4n) is 1.64. The van der Waals surface area contributed by atoms with Crippen LogP contribution in [0, 0.1) is 0 Å². The maximum Gasteiger partial charge on any atom is 0.307 e. The lowest BCUT2D eigenvalue weighted by Gasteiger charge is -2.06. The van der Waals surface area contributed by atoms with Crippen molar-refractivity contribution in [3.63, 3.8) is 0 Å². The van der Waals surface area contributed by atoms with E-state index >= 15 is 0 Å². The Morgan fingerprint density at radius 2 is 2.43 bits per heavy atom. The van der Waals surface area contributed by atoms with Gasteiger partial charge >= 0.3 is 5.97 Å². The van der Waals surface area contributed by atoms with E-state index in [-0.39, 0.29) is 6.42 Å². The number of nitrogen functional groups attached to an aromatic ring is 1. The van der Waals surface area contributed by atoms with E-state index in [2.05, 4.69) is 15.5 Å². The van der Waals surface area contributed by atoms with Gasteiger partial charge in [-0.05, 0) is 17.7 Å². The first-order chi connectivity index (χ1) is 10.1. The van der Waals surface area contributed by atoms with Gasteiger partial charge in [0.1, 0.15) is 11.6 Å². The van der Waals surface area contributed by atoms with Gasteiger partial charge in [0.05, 0.1) is 19.7 Å². The highest BCUT2D eigenvalue weighted by molar-refractivity contribution is 7.14. The Morgan fingerprint density at radius 3 is 3.05 bits per heavy atom. The van der Waals surface area contributed by atoms with Crippen LogP contribution in [0.1, 0.15) is 11.1 Å². The van der Waals surface area contributed by atoms with Crippen molar-refractivity contribution < 1.29 is 14.6 Å². The number of carboxylic acid groups (broad SMARTS) is 1. The minimum atomic E-state index is -0.888. The van der Waals surface area contributed by atoms with Crippen LogP contribution in [0.2, 0.25) is 0 Å². The molecule has 1 aromatic carbocycles. The van der Waals surface area contributed by atoms with E-state index in [9.17, 15) is 4.79 Å². The molecule has 0 saturated heterocycles. The summed E-state index contributed by atoms with van der Waals surface area (Å²) in [6, 6.07) is 5.15. The first-order valence-electron chi connectivity index (χ1n) is 5.97. The van der Waals surface area contributed by atoms with Gasteiger partial charge in [-0.15, -0.1) is 11.3 Å². The van der Waals surface area contributed by atoms with Gasteiger partial charge in [-0.2, -0.15) is 5.10 Å². The Morgan fingerprint density at radius 1 is 1.62 bits per heavy atom. The fraction of sp³-hybridized carbons (Fsp3) is 0.154. The van der Waals surface area contributed by atoms with E-state index in [1.165, 1.54) is 18.4 Å². The van der Waals surface area contributed by atoms with Crippen LogP contribution in [-0.2, 0) is 11.2 Å². The summed E-state index contributed by atoms with van der Waals surface area (Å²) >= 11 is 1.35. The summed E-state index contributed by atoms with van der Waals surface area (Å²) in [5.74, 6) is 0.104. The number of nitrogens with two attached hydrogens (primary N) is 1. The van der Waals surface area contributed by atoms with E-state index in [1.807, 2.05) is 0 Å². The van der Waals surface area contributed by atoms with E-state index < -0.39 is 5.97 Å². The second-order valence-corrected chi connectivity index (χ2v) is 4.95. The molecular formula is C13H14N4O3S. The number of hydrazone groups is 1. The first-order valence-corrected chi connectivity index (χ1v) is 6.85. The number of ether oxygens (including phenoxy) is 1. The SMILES string of the molecule is COc1cc(CC(=O)O)ccc1C=NNc1nc(N)cs1. The molecule has 2 aromatic rings. The molecule has 0 fully saturated rings. The lowest BCUT2D eigenvalue weighted by atomic mass is 10.1. The third kappa shape index (κ3) is 4.18. The molecule has 0 aliphatic rings. The normalized spacial score (nSPS) is 10.7. The Balaban J connectivity index is 2.10. The van der Waals surface area contributed by atoms with Gasteiger partial charge in [0.25, 0.3) is 0 Å². The number of methoxy groups -OCH3 is 1. The van der Waals surface area contributed by atoms with E-state index in [4.69, 9.17) is 15.6 Å². The number of aliphatic carboxylic acids is 1. The second-order valence-electron chi connectivity index (χ2n) is 4.09. The molecule has 7 nitrogen and oxygen atoms in total. The van der Waals surface area contributed by atoms with Crippen LogP contribution in [-0.4, -0.2) is 29.4 Å². The summed E-state index contributed by atoms with van der Waals surface area (Å²) in [6.07, 6.45) is 1.52. The summed E-state index contributed by atoms with van der Waals surface area (Å²) in [5, 5.41) is 15.1. The van der Waals surface area contributed by atoms with Crippen molar-refractivity contribution in [2.75, 3.05) is 18.3 Å². The molecule has 0 amide bonds. The smallest absolute Gasteiger partial charge is 0.307 e. The monoisotopic (exact) mass is 306 g/mol. The zero-order valence-electron chi connectivity index (χ0n) is 11.2. The van der Waals surface area contributed by atoms with E-state index in [0.29, 0.717) is 22.3 Å². The molecule has 8 heteroatoms. The predicted octanol–water partition coefficient (Wildman–Crippen LogP) is 1.81. The van der Waals surface area contributed by atoms with Crippen LogP contribution >= 0.6 is 11.3 Å². The van der Waals surface area contributed by atoms with Gasteiger partial charge in [-0.3, -0.25) is 10.2 Å². The molecule has 21 heavy (non-hydrogen) atoms. The summed E-state index contributed by atoms with van der Waals surface area (Å²) in [5.41, 5.74) is 9.65. The van der Waals surface area contributed by atoms with Crippen LogP contribution < -0.4 is 15.9 Å². The fourth-order valence-corrected chi connectivity index (χ4v) is 2.19. The Bertz CT molecular complexity index is 669. The number of hydrogen-bond acceptors (Lipinski definition) is 7. The number of benzene rings is 1. The van der Waals surface area contributed by atoms with Crippen LogP contribution in [0.25, 0.3) is 0 Å². The van der Waals surface area contributed by atoms with Crippen molar-refractivity contribution in [1.29, 1.82) is 0 Å². The maximum atomic E-state index is 10.7. The molecule has 2 rings (SSSR count). The predicted molar refractivity (Wildman–Crippen MR) is 82.1 cm³/mol. The highest BCUT2D eigenvalue weighted by Gasteiger charge is 2.06. The molecule has 0 atom stereocenters. The van der Waals surface area contributed by atoms with Crippen molar-refractivity contribution in [3.8, 4) is 5.75 Å². The number of hydrogen-bond donors (Lipinski definition) is 3. The van der Waals surface area contributed by atoms with Crippen LogP contribution in [0.4, 0.5) is 10.9 Å². The van der Waals surface area contributed by atoms with E-state index in [0.717, 1.165) is 5.56 Å². The van der Waals surface area contributed by atoms with Gasteiger partial charge in [-0.25, -0.2) is 4.98 Å². The van der Waals surface area contributed by atoms with Crippen LogP contribution in [0.5, 0.6) is 5.75 Å². The number of carboxylic acids is 1. The molecule has 0 unspecified atom stereocenters. The number of thiazole rings is 1. The average Bonchev–Trinajstić information content (AvgIpc) is 2.85. The summed E-state index contributed by atoms with van der Waals surface area (Å²) in [7, 11) is 1.52. The highest BCUT2D eigenvalue weighted by Crippen LogP contribution is 2.20. The van der Waals surface area contributed by atoms with Crippen molar-refractivity contribution in [1.82, 2.24) is 4.98 Å². The molecule has 0 bridgehead atoms. The van der Waals surface area contributed by atoms with Crippen molar-refractivity contribution in [2.24, 2.45) is 5.10 Å². The van der Waals surface area contributed by atoms with Gasteiger partial charge in [0.15, 0.2) is 0 Å². The number of nitrogens with zero attached hydrogens (tertiary/aromatic N) is 2. The number of anilines is 2. The average molecular weight is 306 g/mol. The molecule has 1 aromatic heterocycles. The first kappa shape index (κ1) is 14.8. The zero-order chi connectivity index (χ0) is 15.2. The number of nitrogens with one attached hydrogen (secondary N) is 1. The van der Waals surface area contributed by atoms with Crippen molar-refractivity contribution >= 4 is 34.5 Å². The van der Waals surface area contributed by atoms with Crippen molar-refractivity contribution in [3.05, 3.63) is 34.7 Å². The summed E-state index contributed by atoms with van der Waals surface area (Å²) < 4.78 is 5.23. The van der Waals surface area contributed by atoms with Gasteiger partial charge in [-0.1, -0.05) is 6.07 Å². The number of aromatic nitrogens is 1. The summed E-state index contributed by atoms with van der Waals surface area (Å²) in [4.78, 5) is 14.7. The molecule has 0 saturated carbocycles. The summed E-state index contributed by atoms with van der Waals surface area (Å²) in [6.45, 7) is 0. The molecule has 110 valence electrons. The third-order valence-electron chi connectivity index (χ3n) is 2.54. The van der Waals surface area contributed by atoms with Gasteiger partial charge < -0.3 is 15.6 Å². The molecule has 0 aliphatic heterocycles. The Kier molecular flexibility index (Phi) is 4.72. The van der Waals surface area contributed by atoms with E-state index in [1.54, 1.807) is 29.8 Å². The topological polar surface area (TPSA) is 110 Å². The van der Waals surface area contributed by atoms with Crippen molar-refractivity contribution in [2.45, 2.75) is 6.42 Å².